The minimum atomic E-state index is -0.389. The van der Waals surface area contributed by atoms with Gasteiger partial charge in [-0.15, -0.1) is 0 Å². The van der Waals surface area contributed by atoms with Crippen molar-refractivity contribution >= 4 is 17.7 Å². The van der Waals surface area contributed by atoms with E-state index in [9.17, 15) is 14.4 Å². The molecule has 3 aliphatic heterocycles. The Hall–Kier alpha value is -1.79. The average Bonchev–Trinajstić information content (AvgIpc) is 3.05. The van der Waals surface area contributed by atoms with E-state index < -0.39 is 0 Å². The zero-order valence-corrected chi connectivity index (χ0v) is 33.0. The smallest absolute Gasteiger partial charge is 0.252 e. The molecular weight excluding hydrogens is 610 g/mol. The zero-order valence-electron chi connectivity index (χ0n) is 33.0. The quantitative estimate of drug-likeness (QED) is 0.323. The lowest BCUT2D eigenvalue weighted by molar-refractivity contribution is -0.146. The number of nitrogens with zero attached hydrogens (tertiary/aromatic N) is 5. The highest BCUT2D eigenvalue weighted by molar-refractivity contribution is 5.82. The fraction of sp³-hybridized carbons (Fsp3) is 0.919. The van der Waals surface area contributed by atoms with Gasteiger partial charge in [-0.3, -0.25) is 24.2 Å². The number of carbonyl (C=O) groups excluding carboxylic acids is 3. The highest BCUT2D eigenvalue weighted by Crippen LogP contribution is 2.28. The van der Waals surface area contributed by atoms with Crippen LogP contribution in [0.25, 0.3) is 0 Å². The molecule has 3 rings (SSSR count). The Morgan fingerprint density at radius 2 is 1.10 bits per heavy atom. The third-order valence-electron chi connectivity index (χ3n) is 9.98. The highest BCUT2D eigenvalue weighted by Gasteiger charge is 2.34. The number of likely N-dealkylation sites (tertiary alicyclic amines) is 1. The van der Waals surface area contributed by atoms with Crippen LogP contribution in [0.3, 0.4) is 0 Å². The number of hydrogen-bond donors (Lipinski definition) is 0. The van der Waals surface area contributed by atoms with Gasteiger partial charge in [-0.2, -0.15) is 0 Å². The third-order valence-corrected chi connectivity index (χ3v) is 9.98. The Balaban J connectivity index is 0.000000362. The topological polar surface area (TPSA) is 95.1 Å². The lowest BCUT2D eigenvalue weighted by Crippen LogP contribution is -2.53. The van der Waals surface area contributed by atoms with Crippen LogP contribution in [0.15, 0.2) is 0 Å². The van der Waals surface area contributed by atoms with Crippen molar-refractivity contribution in [3.8, 4) is 0 Å². The van der Waals surface area contributed by atoms with Gasteiger partial charge in [0, 0.05) is 98.9 Å². The molecule has 0 radical (unpaired) electrons. The fourth-order valence-corrected chi connectivity index (χ4v) is 6.62. The van der Waals surface area contributed by atoms with E-state index in [1.165, 1.54) is 0 Å². The normalized spacial score (nSPS) is 19.3. The molecule has 0 bridgehead atoms. The summed E-state index contributed by atoms with van der Waals surface area (Å²) in [5.41, 5.74) is -0.389. The Labute approximate surface area is 293 Å². The van der Waals surface area contributed by atoms with E-state index in [0.717, 1.165) is 90.1 Å². The van der Waals surface area contributed by atoms with Gasteiger partial charge in [-0.1, -0.05) is 27.7 Å². The van der Waals surface area contributed by atoms with Crippen molar-refractivity contribution < 1.29 is 28.6 Å². The molecule has 48 heavy (non-hydrogen) atoms. The van der Waals surface area contributed by atoms with Crippen LogP contribution in [-0.2, 0) is 28.6 Å². The van der Waals surface area contributed by atoms with Gasteiger partial charge in [0.25, 0.3) is 5.91 Å². The van der Waals surface area contributed by atoms with E-state index in [1.54, 1.807) is 21.3 Å². The second-order valence-corrected chi connectivity index (χ2v) is 15.5. The molecule has 0 aromatic heterocycles. The van der Waals surface area contributed by atoms with E-state index in [1.807, 2.05) is 42.4 Å². The van der Waals surface area contributed by atoms with Crippen LogP contribution in [0.4, 0.5) is 0 Å². The van der Waals surface area contributed by atoms with E-state index in [2.05, 4.69) is 51.3 Å². The van der Waals surface area contributed by atoms with Crippen molar-refractivity contribution in [2.75, 3.05) is 100.0 Å². The summed E-state index contributed by atoms with van der Waals surface area (Å²) in [4.78, 5) is 46.6. The van der Waals surface area contributed by atoms with Crippen molar-refractivity contribution in [3.05, 3.63) is 0 Å². The average molecular weight is 684 g/mol. The summed E-state index contributed by atoms with van der Waals surface area (Å²) in [6, 6.07) is 1.14. The maximum atomic E-state index is 12.3. The van der Waals surface area contributed by atoms with Crippen molar-refractivity contribution in [3.63, 3.8) is 0 Å². The van der Waals surface area contributed by atoms with Crippen LogP contribution in [0.5, 0.6) is 0 Å². The third kappa shape index (κ3) is 14.6. The Morgan fingerprint density at radius 1 is 0.646 bits per heavy atom. The lowest BCUT2D eigenvalue weighted by atomic mass is 9.85. The molecule has 11 heteroatoms. The van der Waals surface area contributed by atoms with Crippen molar-refractivity contribution in [2.45, 2.75) is 100 Å². The lowest BCUT2D eigenvalue weighted by Gasteiger charge is -2.38. The molecule has 3 amide bonds. The van der Waals surface area contributed by atoms with Crippen molar-refractivity contribution in [2.24, 2.45) is 23.2 Å². The first kappa shape index (κ1) is 44.2. The summed E-state index contributed by atoms with van der Waals surface area (Å²) >= 11 is 0. The molecule has 0 N–H and O–H groups in total. The number of piperidine rings is 1. The van der Waals surface area contributed by atoms with Gasteiger partial charge in [0.2, 0.25) is 11.8 Å². The van der Waals surface area contributed by atoms with Gasteiger partial charge < -0.3 is 28.9 Å². The number of carbonyl (C=O) groups is 3. The Bertz CT molecular complexity index is 919. The monoisotopic (exact) mass is 684 g/mol. The molecule has 0 aromatic rings. The second-order valence-electron chi connectivity index (χ2n) is 15.5. The number of rotatable bonds is 11. The Morgan fingerprint density at radius 3 is 1.46 bits per heavy atom. The number of amides is 3. The molecule has 1 unspecified atom stereocenters. The summed E-state index contributed by atoms with van der Waals surface area (Å²) in [7, 11) is 4.83. The summed E-state index contributed by atoms with van der Waals surface area (Å²) in [6.07, 6.45) is 2.00. The van der Waals surface area contributed by atoms with Gasteiger partial charge in [0.15, 0.2) is 0 Å². The van der Waals surface area contributed by atoms with Gasteiger partial charge in [0.1, 0.15) is 12.7 Å². The molecule has 1 atom stereocenters. The van der Waals surface area contributed by atoms with E-state index >= 15 is 0 Å². The maximum absolute atomic E-state index is 12.3. The number of ether oxygens (including phenoxy) is 3. The standard InChI is InChI=1S/C14H27NO2.C13H26N2O2.C10H20N2O2/c1-11(2)12-6-8-15(9-7-12)13(16)14(3,4)10-17-5;1-10(2)12(17-5)13(16)15-8-6-14(7-9-15)11(3)4;1-9(2)11-4-6-12(7-5-11)10(13)8-14-3/h11-12H,6-10H2,1-5H3;10-12H,6-9H2,1-5H3;9H,4-8H2,1-3H3. The first-order chi connectivity index (χ1) is 22.5. The molecule has 282 valence electrons. The number of piperazine rings is 2. The first-order valence-electron chi connectivity index (χ1n) is 18.3. The largest absolute Gasteiger partial charge is 0.384 e. The van der Waals surface area contributed by atoms with Crippen LogP contribution >= 0.6 is 0 Å². The summed E-state index contributed by atoms with van der Waals surface area (Å²) in [5.74, 6) is 2.24. The number of methoxy groups -OCH3 is 3. The molecule has 3 aliphatic rings. The van der Waals surface area contributed by atoms with Crippen LogP contribution < -0.4 is 0 Å². The molecule has 3 heterocycles. The van der Waals surface area contributed by atoms with Crippen LogP contribution in [0.1, 0.15) is 82.1 Å². The molecule has 11 nitrogen and oxygen atoms in total. The zero-order chi connectivity index (χ0) is 36.6. The van der Waals surface area contributed by atoms with Crippen molar-refractivity contribution in [1.29, 1.82) is 0 Å². The Kier molecular flexibility index (Phi) is 20.4. The molecule has 0 aliphatic carbocycles. The summed E-state index contributed by atoms with van der Waals surface area (Å²) in [5, 5.41) is 0. The molecule has 0 aromatic carbocycles. The summed E-state index contributed by atoms with van der Waals surface area (Å²) < 4.78 is 15.3. The number of hydrogen-bond acceptors (Lipinski definition) is 8. The molecule has 0 spiro atoms. The first-order valence-corrected chi connectivity index (χ1v) is 18.3. The van der Waals surface area contributed by atoms with E-state index in [4.69, 9.17) is 14.2 Å². The van der Waals surface area contributed by atoms with E-state index in [0.29, 0.717) is 18.7 Å². The maximum Gasteiger partial charge on any atom is 0.252 e. The highest BCUT2D eigenvalue weighted by atomic mass is 16.5. The van der Waals surface area contributed by atoms with Gasteiger partial charge >= 0.3 is 0 Å². The van der Waals surface area contributed by atoms with Crippen LogP contribution in [0, 0.1) is 23.2 Å². The summed E-state index contributed by atoms with van der Waals surface area (Å²) in [6.45, 7) is 31.0. The molecule has 3 saturated heterocycles. The minimum Gasteiger partial charge on any atom is -0.384 e. The minimum absolute atomic E-state index is 0.107. The van der Waals surface area contributed by atoms with Gasteiger partial charge in [-0.05, 0) is 72.1 Å². The molecule has 0 saturated carbocycles. The van der Waals surface area contributed by atoms with Gasteiger partial charge in [-0.25, -0.2) is 0 Å². The molecule has 3 fully saturated rings. The second kappa shape index (κ2) is 22.1. The van der Waals surface area contributed by atoms with Crippen LogP contribution in [0.2, 0.25) is 0 Å². The SMILES string of the molecule is COC(C(=O)N1CCN(C(C)C)CC1)C(C)C.COCC(=O)N1CCN(C(C)C)CC1.COCC(C)(C)C(=O)N1CCC(C(C)C)CC1. The van der Waals surface area contributed by atoms with E-state index in [-0.39, 0.29) is 41.8 Å². The van der Waals surface area contributed by atoms with Crippen molar-refractivity contribution in [1.82, 2.24) is 24.5 Å². The molecular formula is C37H73N5O6. The predicted molar refractivity (Wildman–Crippen MR) is 194 cm³/mol. The fourth-order valence-electron chi connectivity index (χ4n) is 6.62. The predicted octanol–water partition coefficient (Wildman–Crippen LogP) is 3.95. The van der Waals surface area contributed by atoms with Crippen LogP contribution in [-0.4, -0.2) is 160 Å². The van der Waals surface area contributed by atoms with Gasteiger partial charge in [0.05, 0.1) is 12.0 Å².